The topological polar surface area (TPSA) is 218 Å². The van der Waals surface area contributed by atoms with Gasteiger partial charge in [0.05, 0.1) is 0 Å². The Balaban J connectivity index is 0.000000233. The van der Waals surface area contributed by atoms with Gasteiger partial charge in [0.1, 0.15) is 0 Å². The van der Waals surface area contributed by atoms with Crippen LogP contribution in [0.15, 0.2) is 97.1 Å². The molecule has 20 heteroatoms. The van der Waals surface area contributed by atoms with Crippen molar-refractivity contribution < 1.29 is 24.8 Å². The number of hydrogen-bond acceptors (Lipinski definition) is 17. The Morgan fingerprint density at radius 1 is 1.13 bits per heavy atom. The summed E-state index contributed by atoms with van der Waals surface area (Å²) in [4.78, 5) is 28.9. The third-order valence-corrected chi connectivity index (χ3v) is 12.5. The molecule has 0 aromatic carbocycles. The van der Waals surface area contributed by atoms with Crippen molar-refractivity contribution in [1.82, 2.24) is 25.3 Å². The first kappa shape index (κ1) is 47.6. The summed E-state index contributed by atoms with van der Waals surface area (Å²) in [5.74, 6) is 3.62. The van der Waals surface area contributed by atoms with Gasteiger partial charge in [0, 0.05) is 0 Å². The van der Waals surface area contributed by atoms with E-state index in [1.807, 2.05) is 51.4 Å². The van der Waals surface area contributed by atoms with Gasteiger partial charge in [0.15, 0.2) is 0 Å². The Labute approximate surface area is 373 Å². The van der Waals surface area contributed by atoms with Crippen molar-refractivity contribution in [1.29, 1.82) is 10.8 Å². The van der Waals surface area contributed by atoms with Crippen molar-refractivity contribution in [2.24, 2.45) is 9.98 Å². The number of hydrogen-bond donors (Lipinski definition) is 7. The van der Waals surface area contributed by atoms with Crippen LogP contribution in [0.1, 0.15) is 77.2 Å². The van der Waals surface area contributed by atoms with Gasteiger partial charge in [0.25, 0.3) is 0 Å². The van der Waals surface area contributed by atoms with E-state index in [0.29, 0.717) is 38.6 Å². The number of aromatic amines is 1. The Bertz CT molecular complexity index is 2400. The van der Waals surface area contributed by atoms with Gasteiger partial charge < -0.3 is 0 Å². The van der Waals surface area contributed by atoms with Crippen LogP contribution in [0.25, 0.3) is 0 Å². The molecule has 4 aromatic heterocycles. The monoisotopic (exact) mass is 897 g/mol. The number of H-pyrrole nitrogens is 1. The standard InChI is InChI=1S/C22H28BN5O3S2.C19H21BN4O2S2/c1-5-6-7-19(13(2)3)32-15-10-18(31-17(8-9-24)14(4)25)21(26-11-15)28-22-27-20(23-33-22)16(30)12-29;1-12-15(7-5-8-21-12)26-16-10-13-11-22-18(16)24-19-23-17(20-28-19)14(25)6-3-2-4-9-27-13/h6-11,16,24-25,29-30H,5,12H2,1-4H3,(H,26,27,28);5,7-8,10-11,14,25H,2-4,6,9H2,1H3,(H,22,23,24)/b7-6-,17-8+,24-9?,25-14?;. The summed E-state index contributed by atoms with van der Waals surface area (Å²) in [7, 11) is 0. The van der Waals surface area contributed by atoms with E-state index >= 15 is 0 Å². The fraction of sp³-hybridized carbons (Fsp3) is 0.341. The molecule has 2 unspecified atom stereocenters. The summed E-state index contributed by atoms with van der Waals surface area (Å²) in [6, 6.07) is 7.53. The zero-order valence-electron chi connectivity index (χ0n) is 34.6. The third-order valence-electron chi connectivity index (χ3n) is 8.64. The van der Waals surface area contributed by atoms with E-state index in [2.05, 4.69) is 54.3 Å². The first-order valence-electron chi connectivity index (χ1n) is 19.6. The van der Waals surface area contributed by atoms with Crippen molar-refractivity contribution >= 4 is 93.0 Å². The van der Waals surface area contributed by atoms with Gasteiger partial charge in [-0.2, -0.15) is 0 Å². The SMILES string of the molecule is CC/C=C\C(Sc1cnc(/N=c2/[nH]c(C(O)CO)bs2)c(O/C(=C/C=N)C(C)=N)c1)=C(C)C.Cc1ncccc1Oc1cc2cnc1/N=C1/NC(=BS1)C(O)CCCCCS2. The summed E-state index contributed by atoms with van der Waals surface area (Å²) in [6.45, 7) is 9.26. The van der Waals surface area contributed by atoms with Gasteiger partial charge in [-0.25, -0.2) is 0 Å². The molecular weight excluding hydrogens is 848 g/mol. The molecule has 3 aliphatic heterocycles. The van der Waals surface area contributed by atoms with Crippen molar-refractivity contribution in [2.45, 2.75) is 88.7 Å². The Morgan fingerprint density at radius 2 is 1.97 bits per heavy atom. The molecule has 0 radical (unpaired) electrons. The minimum absolute atomic E-state index is 0.161. The molecule has 14 nitrogen and oxygen atoms in total. The molecule has 7 N–H and O–H groups in total. The van der Waals surface area contributed by atoms with Crippen LogP contribution in [-0.4, -0.2) is 88.8 Å². The summed E-state index contributed by atoms with van der Waals surface area (Å²) in [6.07, 6.45) is 18.9. The number of aryl methyl sites for hydroxylation is 1. The van der Waals surface area contributed by atoms with Gasteiger partial charge in [-0.1, -0.05) is 6.92 Å². The molecule has 0 saturated heterocycles. The zero-order valence-corrected chi connectivity index (χ0v) is 37.9. The van der Waals surface area contributed by atoms with E-state index in [4.69, 9.17) is 25.4 Å². The molecule has 0 spiro atoms. The van der Waals surface area contributed by atoms with Crippen molar-refractivity contribution in [3.8, 4) is 17.2 Å². The maximum atomic E-state index is 10.4. The third kappa shape index (κ3) is 14.6. The summed E-state index contributed by atoms with van der Waals surface area (Å²) in [5.41, 5.74) is 3.39. The van der Waals surface area contributed by atoms with E-state index in [1.54, 1.807) is 55.1 Å². The molecule has 4 aromatic rings. The molecule has 0 saturated carbocycles. The fourth-order valence-corrected chi connectivity index (χ4v) is 8.70. The average molecular weight is 898 g/mol. The van der Waals surface area contributed by atoms with Gasteiger partial charge >= 0.3 is 369 Å². The maximum absolute atomic E-state index is 10.4. The molecule has 61 heavy (non-hydrogen) atoms. The first-order valence-corrected chi connectivity index (χ1v) is 23.1. The predicted octanol–water partition coefficient (Wildman–Crippen LogP) is 8.05. The number of aliphatic imine (C=N–C) groups is 1. The number of thioether (sulfide) groups is 2. The second-order valence-corrected chi connectivity index (χ2v) is 17.8. The van der Waals surface area contributed by atoms with Crippen LogP contribution < -0.4 is 19.6 Å². The number of amidine groups is 1. The second-order valence-electron chi connectivity index (χ2n) is 13.8. The number of ether oxygens (including phenoxy) is 2. The number of aliphatic hydroxyl groups is 3. The molecule has 7 rings (SSSR count). The molecule has 4 bridgehead atoms. The molecule has 0 amide bonds. The Hall–Kier alpha value is -4.43. The van der Waals surface area contributed by atoms with Crippen LogP contribution in [0.2, 0.25) is 0 Å². The first-order chi connectivity index (χ1) is 29.5. The van der Waals surface area contributed by atoms with Crippen LogP contribution in [0, 0.1) is 17.7 Å². The van der Waals surface area contributed by atoms with E-state index in [1.165, 1.54) is 34.4 Å². The summed E-state index contributed by atoms with van der Waals surface area (Å²) < 4.78 is 12.1. The fourth-order valence-electron chi connectivity index (χ4n) is 5.36. The number of pyridine rings is 3. The zero-order chi connectivity index (χ0) is 43.7. The van der Waals surface area contributed by atoms with E-state index < -0.39 is 18.8 Å². The molecule has 318 valence electrons. The number of aliphatic hydroxyl groups excluding tert-OH is 3. The number of rotatable bonds is 13. The van der Waals surface area contributed by atoms with Crippen molar-refractivity contribution in [2.75, 3.05) is 12.4 Å². The Morgan fingerprint density at radius 3 is 2.70 bits per heavy atom. The normalized spacial score (nSPS) is 17.0. The van der Waals surface area contributed by atoms with Crippen LogP contribution in [-0.2, 0) is 0 Å². The van der Waals surface area contributed by atoms with Gasteiger partial charge in [-0.05, 0) is 0 Å². The molecule has 2 atom stereocenters. The van der Waals surface area contributed by atoms with E-state index in [0.717, 1.165) is 70.0 Å². The quantitative estimate of drug-likeness (QED) is 0.0223. The predicted molar refractivity (Wildman–Crippen MR) is 253 cm³/mol. The number of nitrogens with zero attached hydrogens (tertiary/aromatic N) is 5. The second kappa shape index (κ2) is 24.3. The summed E-state index contributed by atoms with van der Waals surface area (Å²) in [5, 5.41) is 48.5. The Kier molecular flexibility index (Phi) is 18.9. The van der Waals surface area contributed by atoms with Crippen molar-refractivity contribution in [3.05, 3.63) is 93.4 Å². The number of aromatic nitrogens is 4. The van der Waals surface area contributed by atoms with Crippen molar-refractivity contribution in [3.63, 3.8) is 0 Å². The van der Waals surface area contributed by atoms with Crippen LogP contribution >= 0.6 is 46.3 Å². The molecular formula is C41H49B2N9O5S4. The number of allylic oxidation sites excluding steroid dienone is 5. The number of fused-ring (bicyclic) bond motifs is 8. The van der Waals surface area contributed by atoms with Crippen LogP contribution in [0.5, 0.6) is 17.2 Å². The van der Waals surface area contributed by atoms with Gasteiger partial charge in [0.2, 0.25) is 0 Å². The summed E-state index contributed by atoms with van der Waals surface area (Å²) >= 11 is 6.02. The van der Waals surface area contributed by atoms with Gasteiger partial charge in [-0.15, -0.1) is 0 Å². The average Bonchev–Trinajstić information content (AvgIpc) is 3.92. The van der Waals surface area contributed by atoms with Gasteiger partial charge in [-0.3, -0.25) is 0 Å². The molecule has 3 aliphatic rings. The van der Waals surface area contributed by atoms with E-state index in [-0.39, 0.29) is 17.3 Å². The van der Waals surface area contributed by atoms with E-state index in [9.17, 15) is 10.2 Å². The molecule has 7 heterocycles. The van der Waals surface area contributed by atoms with Crippen LogP contribution in [0.4, 0.5) is 11.6 Å². The minimum atomic E-state index is -1.02. The number of nitrogens with one attached hydrogen (secondary N) is 4. The molecule has 0 aliphatic carbocycles. The van der Waals surface area contributed by atoms with Crippen LogP contribution in [0.3, 0.4) is 0 Å². The molecule has 0 fully saturated rings.